The molecule has 1 saturated heterocycles. The highest BCUT2D eigenvalue weighted by molar-refractivity contribution is 14.1. The molecule has 20 heavy (non-hydrogen) atoms. The van der Waals surface area contributed by atoms with Crippen LogP contribution in [-0.2, 0) is 0 Å². The standard InChI is InChI=1S/C14H24IN5/c1-5-6-16-14-12(15)10(2)17-13(18-14)11-9-19(3)7-8-20(11)4/h11H,5-9H2,1-4H3,(H,16,17,18). The van der Waals surface area contributed by atoms with Crippen molar-refractivity contribution in [2.75, 3.05) is 45.6 Å². The second-order valence-electron chi connectivity index (χ2n) is 5.52. The second-order valence-corrected chi connectivity index (χ2v) is 6.59. The maximum absolute atomic E-state index is 4.78. The number of likely N-dealkylation sites (N-methyl/N-ethyl adjacent to an activating group) is 2. The summed E-state index contributed by atoms with van der Waals surface area (Å²) < 4.78 is 1.13. The molecule has 1 atom stereocenters. The van der Waals surface area contributed by atoms with E-state index in [4.69, 9.17) is 9.97 Å². The molecular formula is C14H24IN5. The van der Waals surface area contributed by atoms with Gasteiger partial charge in [0.2, 0.25) is 0 Å². The van der Waals surface area contributed by atoms with Gasteiger partial charge < -0.3 is 10.2 Å². The van der Waals surface area contributed by atoms with Crippen LogP contribution in [0.1, 0.15) is 30.9 Å². The highest BCUT2D eigenvalue weighted by Crippen LogP contribution is 2.25. The van der Waals surface area contributed by atoms with Gasteiger partial charge in [0.05, 0.1) is 15.3 Å². The number of halogens is 1. The Balaban J connectivity index is 2.28. The zero-order valence-corrected chi connectivity index (χ0v) is 14.9. The molecule has 0 radical (unpaired) electrons. The van der Waals surface area contributed by atoms with Crippen LogP contribution in [0.25, 0.3) is 0 Å². The third kappa shape index (κ3) is 3.59. The molecule has 1 aromatic rings. The van der Waals surface area contributed by atoms with E-state index in [1.54, 1.807) is 0 Å². The number of nitrogens with one attached hydrogen (secondary N) is 1. The normalized spacial score (nSPS) is 21.1. The van der Waals surface area contributed by atoms with Gasteiger partial charge in [0.15, 0.2) is 0 Å². The first-order valence-corrected chi connectivity index (χ1v) is 8.27. The largest absolute Gasteiger partial charge is 0.369 e. The van der Waals surface area contributed by atoms with Crippen molar-refractivity contribution < 1.29 is 0 Å². The Kier molecular flexibility index (Phi) is 5.57. The van der Waals surface area contributed by atoms with E-state index in [0.717, 1.165) is 53.5 Å². The van der Waals surface area contributed by atoms with Gasteiger partial charge in [-0.2, -0.15) is 0 Å². The SMILES string of the molecule is CCCNc1nc(C2CN(C)CCN2C)nc(C)c1I. The summed E-state index contributed by atoms with van der Waals surface area (Å²) in [4.78, 5) is 14.2. The summed E-state index contributed by atoms with van der Waals surface area (Å²) in [6, 6.07) is 0.284. The Labute approximate surface area is 135 Å². The van der Waals surface area contributed by atoms with Crippen molar-refractivity contribution in [3.63, 3.8) is 0 Å². The molecule has 1 fully saturated rings. The fourth-order valence-electron chi connectivity index (χ4n) is 2.38. The maximum atomic E-state index is 4.78. The first-order chi connectivity index (χ1) is 9.52. The Morgan fingerprint density at radius 1 is 1.30 bits per heavy atom. The Morgan fingerprint density at radius 2 is 2.05 bits per heavy atom. The quantitative estimate of drug-likeness (QED) is 0.800. The van der Waals surface area contributed by atoms with Crippen molar-refractivity contribution in [2.24, 2.45) is 0 Å². The number of aromatic nitrogens is 2. The lowest BCUT2D eigenvalue weighted by atomic mass is 10.1. The number of hydrogen-bond donors (Lipinski definition) is 1. The lowest BCUT2D eigenvalue weighted by Gasteiger charge is -2.36. The Morgan fingerprint density at radius 3 is 2.75 bits per heavy atom. The molecule has 0 bridgehead atoms. The van der Waals surface area contributed by atoms with E-state index >= 15 is 0 Å². The van der Waals surface area contributed by atoms with E-state index < -0.39 is 0 Å². The molecule has 2 heterocycles. The zero-order valence-electron chi connectivity index (χ0n) is 12.8. The number of piperazine rings is 1. The van der Waals surface area contributed by atoms with Crippen LogP contribution >= 0.6 is 22.6 Å². The third-order valence-electron chi connectivity index (χ3n) is 3.73. The molecule has 1 unspecified atom stereocenters. The number of hydrogen-bond acceptors (Lipinski definition) is 5. The van der Waals surface area contributed by atoms with E-state index in [1.807, 2.05) is 0 Å². The second kappa shape index (κ2) is 7.00. The van der Waals surface area contributed by atoms with Crippen molar-refractivity contribution in [1.29, 1.82) is 0 Å². The predicted molar refractivity (Wildman–Crippen MR) is 91.1 cm³/mol. The summed E-state index contributed by atoms with van der Waals surface area (Å²) in [6.45, 7) is 8.34. The van der Waals surface area contributed by atoms with Gasteiger partial charge in [0.1, 0.15) is 11.6 Å². The number of rotatable bonds is 4. The number of aryl methyl sites for hydroxylation is 1. The van der Waals surface area contributed by atoms with Crippen molar-refractivity contribution in [2.45, 2.75) is 26.3 Å². The van der Waals surface area contributed by atoms with Gasteiger partial charge >= 0.3 is 0 Å². The smallest absolute Gasteiger partial charge is 0.149 e. The fraction of sp³-hybridized carbons (Fsp3) is 0.714. The first kappa shape index (κ1) is 15.9. The van der Waals surface area contributed by atoms with Gasteiger partial charge in [0.25, 0.3) is 0 Å². The molecule has 1 aromatic heterocycles. The van der Waals surface area contributed by atoms with Crippen LogP contribution in [0.2, 0.25) is 0 Å². The molecule has 0 amide bonds. The minimum absolute atomic E-state index is 0.284. The molecular weight excluding hydrogens is 365 g/mol. The number of anilines is 1. The molecule has 1 aliphatic heterocycles. The molecule has 0 aromatic carbocycles. The maximum Gasteiger partial charge on any atom is 0.149 e. The Hall–Kier alpha value is -0.470. The van der Waals surface area contributed by atoms with Gasteiger partial charge in [-0.15, -0.1) is 0 Å². The molecule has 1 N–H and O–H groups in total. The highest BCUT2D eigenvalue weighted by atomic mass is 127. The van der Waals surface area contributed by atoms with Crippen LogP contribution in [0, 0.1) is 10.5 Å². The summed E-state index contributed by atoms with van der Waals surface area (Å²) >= 11 is 2.33. The minimum atomic E-state index is 0.284. The van der Waals surface area contributed by atoms with E-state index in [9.17, 15) is 0 Å². The van der Waals surface area contributed by atoms with Crippen LogP contribution < -0.4 is 5.32 Å². The monoisotopic (exact) mass is 389 g/mol. The summed E-state index contributed by atoms with van der Waals surface area (Å²) in [6.07, 6.45) is 1.10. The van der Waals surface area contributed by atoms with Gasteiger partial charge in [-0.1, -0.05) is 6.92 Å². The topological polar surface area (TPSA) is 44.3 Å². The summed E-state index contributed by atoms with van der Waals surface area (Å²) in [5, 5.41) is 3.42. The van der Waals surface area contributed by atoms with Crippen molar-refractivity contribution in [3.8, 4) is 0 Å². The summed E-state index contributed by atoms with van der Waals surface area (Å²) in [5.41, 5.74) is 1.07. The first-order valence-electron chi connectivity index (χ1n) is 7.19. The van der Waals surface area contributed by atoms with Gasteiger partial charge in [-0.3, -0.25) is 4.90 Å². The van der Waals surface area contributed by atoms with E-state index in [-0.39, 0.29) is 6.04 Å². The van der Waals surface area contributed by atoms with Crippen LogP contribution in [0.15, 0.2) is 0 Å². The van der Waals surface area contributed by atoms with Gasteiger partial charge in [-0.25, -0.2) is 9.97 Å². The van der Waals surface area contributed by atoms with Crippen molar-refractivity contribution >= 4 is 28.4 Å². The zero-order chi connectivity index (χ0) is 14.7. The molecule has 5 nitrogen and oxygen atoms in total. The van der Waals surface area contributed by atoms with Crippen molar-refractivity contribution in [3.05, 3.63) is 15.1 Å². The fourth-order valence-corrected chi connectivity index (χ4v) is 2.81. The molecule has 112 valence electrons. The molecule has 2 rings (SSSR count). The molecule has 1 aliphatic rings. The minimum Gasteiger partial charge on any atom is -0.369 e. The molecule has 0 aliphatic carbocycles. The molecule has 6 heteroatoms. The van der Waals surface area contributed by atoms with Crippen molar-refractivity contribution in [1.82, 2.24) is 19.8 Å². The third-order valence-corrected chi connectivity index (χ3v) is 5.02. The average molecular weight is 389 g/mol. The lowest BCUT2D eigenvalue weighted by molar-refractivity contribution is 0.109. The van der Waals surface area contributed by atoms with E-state index in [2.05, 4.69) is 65.7 Å². The average Bonchev–Trinajstić information content (AvgIpc) is 2.43. The van der Waals surface area contributed by atoms with E-state index in [0.29, 0.717) is 0 Å². The molecule has 0 saturated carbocycles. The summed E-state index contributed by atoms with van der Waals surface area (Å²) in [7, 11) is 4.32. The van der Waals surface area contributed by atoms with Gasteiger partial charge in [-0.05, 0) is 50.0 Å². The highest BCUT2D eigenvalue weighted by Gasteiger charge is 2.27. The Bertz CT molecular complexity index is 465. The summed E-state index contributed by atoms with van der Waals surface area (Å²) in [5.74, 6) is 1.92. The van der Waals surface area contributed by atoms with Gasteiger partial charge in [0, 0.05) is 26.2 Å². The van der Waals surface area contributed by atoms with Crippen LogP contribution in [0.5, 0.6) is 0 Å². The number of nitrogens with zero attached hydrogens (tertiary/aromatic N) is 4. The van der Waals surface area contributed by atoms with Crippen LogP contribution in [-0.4, -0.2) is 60.0 Å². The molecule has 0 spiro atoms. The predicted octanol–water partition coefficient (Wildman–Crippen LogP) is 2.13. The van der Waals surface area contributed by atoms with E-state index in [1.165, 1.54) is 0 Å². The van der Waals surface area contributed by atoms with Crippen LogP contribution in [0.3, 0.4) is 0 Å². The van der Waals surface area contributed by atoms with Crippen LogP contribution in [0.4, 0.5) is 5.82 Å². The lowest BCUT2D eigenvalue weighted by Crippen LogP contribution is -2.45.